The molecule has 1 aromatic rings. The fraction of sp³-hybridized carbons (Fsp3) is 0.700. The topological polar surface area (TPSA) is 74.3 Å². The van der Waals surface area contributed by atoms with Crippen LogP contribution in [0.25, 0.3) is 0 Å². The summed E-state index contributed by atoms with van der Waals surface area (Å²) in [6.07, 6.45) is 2.46. The van der Waals surface area contributed by atoms with Crippen LogP contribution in [-0.2, 0) is 16.8 Å². The van der Waals surface area contributed by atoms with Crippen LogP contribution in [0.2, 0.25) is 0 Å². The van der Waals surface area contributed by atoms with E-state index in [2.05, 4.69) is 15.0 Å². The summed E-state index contributed by atoms with van der Waals surface area (Å²) >= 11 is 1.43. The second-order valence-corrected chi connectivity index (χ2v) is 6.62. The number of thiazole rings is 1. The van der Waals surface area contributed by atoms with Gasteiger partial charge in [-0.25, -0.2) is 4.98 Å². The molecule has 0 aliphatic carbocycles. The first-order valence-corrected chi connectivity index (χ1v) is 8.18. The Labute approximate surface area is 113 Å². The SMILES string of the molecule is CCNCCCN(C)S(=O)(=O)NCc1nccs1. The van der Waals surface area contributed by atoms with Crippen molar-refractivity contribution in [2.45, 2.75) is 19.9 Å². The number of aromatic nitrogens is 1. The zero-order chi connectivity index (χ0) is 13.4. The van der Waals surface area contributed by atoms with E-state index in [1.54, 1.807) is 13.2 Å². The first-order valence-electron chi connectivity index (χ1n) is 5.86. The summed E-state index contributed by atoms with van der Waals surface area (Å²) in [5.74, 6) is 0. The number of nitrogens with one attached hydrogen (secondary N) is 2. The standard InChI is InChI=1S/C10H20N4O2S2/c1-3-11-5-4-7-14(2)18(15,16)13-9-10-12-6-8-17-10/h6,8,11,13H,3-5,7,9H2,1-2H3. The van der Waals surface area contributed by atoms with Crippen molar-refractivity contribution in [3.05, 3.63) is 16.6 Å². The van der Waals surface area contributed by atoms with Crippen LogP contribution in [0.4, 0.5) is 0 Å². The van der Waals surface area contributed by atoms with E-state index in [0.717, 1.165) is 24.5 Å². The van der Waals surface area contributed by atoms with Crippen molar-refractivity contribution in [3.8, 4) is 0 Å². The Morgan fingerprint density at radius 3 is 2.89 bits per heavy atom. The van der Waals surface area contributed by atoms with Gasteiger partial charge in [0.15, 0.2) is 0 Å². The molecular weight excluding hydrogens is 272 g/mol. The van der Waals surface area contributed by atoms with Gasteiger partial charge in [0, 0.05) is 25.2 Å². The summed E-state index contributed by atoms with van der Waals surface area (Å²) in [6, 6.07) is 0. The Morgan fingerprint density at radius 1 is 1.50 bits per heavy atom. The molecule has 1 aromatic heterocycles. The molecule has 2 N–H and O–H groups in total. The van der Waals surface area contributed by atoms with Gasteiger partial charge >= 0.3 is 0 Å². The van der Waals surface area contributed by atoms with Crippen LogP contribution in [0.5, 0.6) is 0 Å². The lowest BCUT2D eigenvalue weighted by molar-refractivity contribution is 0.445. The molecule has 6 nitrogen and oxygen atoms in total. The van der Waals surface area contributed by atoms with Crippen molar-refractivity contribution in [2.75, 3.05) is 26.7 Å². The fourth-order valence-electron chi connectivity index (χ4n) is 1.33. The Balaban J connectivity index is 2.33. The smallest absolute Gasteiger partial charge is 0.279 e. The first-order chi connectivity index (χ1) is 8.56. The molecule has 1 rings (SSSR count). The molecule has 0 unspecified atom stereocenters. The van der Waals surface area contributed by atoms with Gasteiger partial charge in [0.05, 0.1) is 6.54 Å². The highest BCUT2D eigenvalue weighted by molar-refractivity contribution is 7.87. The van der Waals surface area contributed by atoms with E-state index in [-0.39, 0.29) is 6.54 Å². The third-order valence-electron chi connectivity index (χ3n) is 2.38. The third kappa shape index (κ3) is 5.40. The molecule has 0 spiro atoms. The lowest BCUT2D eigenvalue weighted by Crippen LogP contribution is -2.39. The molecule has 0 saturated heterocycles. The molecule has 104 valence electrons. The van der Waals surface area contributed by atoms with Crippen LogP contribution in [0.3, 0.4) is 0 Å². The molecule has 0 radical (unpaired) electrons. The molecule has 1 heterocycles. The number of nitrogens with zero attached hydrogens (tertiary/aromatic N) is 2. The van der Waals surface area contributed by atoms with Gasteiger partial charge in [0.25, 0.3) is 10.2 Å². The van der Waals surface area contributed by atoms with E-state index in [1.807, 2.05) is 12.3 Å². The predicted molar refractivity (Wildman–Crippen MR) is 73.7 cm³/mol. The van der Waals surface area contributed by atoms with Gasteiger partial charge in [-0.15, -0.1) is 11.3 Å². The van der Waals surface area contributed by atoms with Gasteiger partial charge in [0.1, 0.15) is 5.01 Å². The second kappa shape index (κ2) is 7.80. The predicted octanol–water partition coefficient (Wildman–Crippen LogP) is 0.409. The van der Waals surface area contributed by atoms with Crippen molar-refractivity contribution < 1.29 is 8.42 Å². The van der Waals surface area contributed by atoms with Crippen LogP contribution >= 0.6 is 11.3 Å². The average molecular weight is 292 g/mol. The monoisotopic (exact) mass is 292 g/mol. The summed E-state index contributed by atoms with van der Waals surface area (Å²) in [4.78, 5) is 4.03. The van der Waals surface area contributed by atoms with Crippen LogP contribution in [0.15, 0.2) is 11.6 Å². The highest BCUT2D eigenvalue weighted by Gasteiger charge is 2.16. The van der Waals surface area contributed by atoms with Gasteiger partial charge in [-0.3, -0.25) is 0 Å². The molecule has 0 aliphatic rings. The normalized spacial score (nSPS) is 12.2. The van der Waals surface area contributed by atoms with E-state index in [1.165, 1.54) is 15.6 Å². The molecule has 0 fully saturated rings. The number of hydrogen-bond acceptors (Lipinski definition) is 5. The largest absolute Gasteiger partial charge is 0.317 e. The van der Waals surface area contributed by atoms with Crippen molar-refractivity contribution in [2.24, 2.45) is 0 Å². The van der Waals surface area contributed by atoms with Crippen molar-refractivity contribution in [1.29, 1.82) is 0 Å². The lowest BCUT2D eigenvalue weighted by atomic mass is 10.4. The van der Waals surface area contributed by atoms with Crippen molar-refractivity contribution >= 4 is 21.5 Å². The highest BCUT2D eigenvalue weighted by Crippen LogP contribution is 2.04. The van der Waals surface area contributed by atoms with Gasteiger partial charge in [-0.1, -0.05) is 6.92 Å². The van der Waals surface area contributed by atoms with E-state index in [9.17, 15) is 8.42 Å². The van der Waals surface area contributed by atoms with Gasteiger partial charge < -0.3 is 5.32 Å². The molecule has 0 saturated carbocycles. The van der Waals surface area contributed by atoms with Crippen LogP contribution in [0, 0.1) is 0 Å². The quantitative estimate of drug-likeness (QED) is 0.647. The van der Waals surface area contributed by atoms with Gasteiger partial charge in [-0.05, 0) is 19.5 Å². The molecule has 0 amide bonds. The van der Waals surface area contributed by atoms with Gasteiger partial charge in [0.2, 0.25) is 0 Å². The number of rotatable bonds is 9. The van der Waals surface area contributed by atoms with Crippen molar-refractivity contribution in [3.63, 3.8) is 0 Å². The third-order valence-corrected chi connectivity index (χ3v) is 4.67. The Hall–Kier alpha value is -0.540. The molecule has 0 bridgehead atoms. The minimum absolute atomic E-state index is 0.248. The highest BCUT2D eigenvalue weighted by atomic mass is 32.2. The Morgan fingerprint density at radius 2 is 2.28 bits per heavy atom. The summed E-state index contributed by atoms with van der Waals surface area (Å²) in [5, 5.41) is 5.75. The summed E-state index contributed by atoms with van der Waals surface area (Å²) in [7, 11) is -1.82. The maximum absolute atomic E-state index is 11.9. The average Bonchev–Trinajstić information content (AvgIpc) is 2.85. The first kappa shape index (κ1) is 15.5. The lowest BCUT2D eigenvalue weighted by Gasteiger charge is -2.17. The molecule has 0 aromatic carbocycles. The second-order valence-electron chi connectivity index (χ2n) is 3.78. The maximum Gasteiger partial charge on any atom is 0.279 e. The zero-order valence-corrected chi connectivity index (χ0v) is 12.4. The molecule has 0 aliphatic heterocycles. The van der Waals surface area contributed by atoms with Crippen LogP contribution in [0.1, 0.15) is 18.4 Å². The van der Waals surface area contributed by atoms with E-state index in [0.29, 0.717) is 6.54 Å². The maximum atomic E-state index is 11.9. The molecular formula is C10H20N4O2S2. The summed E-state index contributed by atoms with van der Waals surface area (Å²) in [6.45, 7) is 4.50. The Bertz CT molecular complexity index is 419. The Kier molecular flexibility index (Phi) is 6.72. The summed E-state index contributed by atoms with van der Waals surface area (Å²) < 4.78 is 27.6. The molecule has 8 heteroatoms. The minimum atomic E-state index is -3.40. The van der Waals surface area contributed by atoms with E-state index < -0.39 is 10.2 Å². The minimum Gasteiger partial charge on any atom is -0.317 e. The van der Waals surface area contributed by atoms with Crippen LogP contribution < -0.4 is 10.0 Å². The fourth-order valence-corrected chi connectivity index (χ4v) is 2.88. The van der Waals surface area contributed by atoms with E-state index >= 15 is 0 Å². The molecule has 0 atom stereocenters. The van der Waals surface area contributed by atoms with Crippen LogP contribution in [-0.4, -0.2) is 44.4 Å². The number of hydrogen-bond donors (Lipinski definition) is 2. The van der Waals surface area contributed by atoms with E-state index in [4.69, 9.17) is 0 Å². The molecule has 18 heavy (non-hydrogen) atoms. The summed E-state index contributed by atoms with van der Waals surface area (Å²) in [5.41, 5.74) is 0. The zero-order valence-electron chi connectivity index (χ0n) is 10.7. The van der Waals surface area contributed by atoms with Gasteiger partial charge in [-0.2, -0.15) is 17.4 Å². The van der Waals surface area contributed by atoms with Crippen molar-refractivity contribution in [1.82, 2.24) is 19.3 Å².